The minimum atomic E-state index is -0.211. The van der Waals surface area contributed by atoms with Gasteiger partial charge in [0.2, 0.25) is 0 Å². The van der Waals surface area contributed by atoms with Crippen molar-refractivity contribution >= 4 is 11.6 Å². The average molecular weight is 242 g/mol. The van der Waals surface area contributed by atoms with Crippen LogP contribution in [0.5, 0.6) is 0 Å². The number of benzene rings is 1. The van der Waals surface area contributed by atoms with Crippen molar-refractivity contribution in [3.8, 4) is 0 Å². The zero-order valence-electron chi connectivity index (χ0n) is 9.91. The van der Waals surface area contributed by atoms with Crippen LogP contribution in [0.4, 0.5) is 0 Å². The van der Waals surface area contributed by atoms with E-state index in [-0.39, 0.29) is 12.1 Å². The summed E-state index contributed by atoms with van der Waals surface area (Å²) in [5.41, 5.74) is 1.13. The second-order valence-corrected chi connectivity index (χ2v) is 4.60. The third-order valence-electron chi connectivity index (χ3n) is 2.62. The highest BCUT2D eigenvalue weighted by atomic mass is 35.5. The number of nitrogens with one attached hydrogen (secondary N) is 1. The molecule has 0 saturated carbocycles. The number of hydrogen-bond donors (Lipinski definition) is 2. The van der Waals surface area contributed by atoms with E-state index in [4.69, 9.17) is 16.7 Å². The van der Waals surface area contributed by atoms with Crippen molar-refractivity contribution in [1.82, 2.24) is 5.32 Å². The summed E-state index contributed by atoms with van der Waals surface area (Å²) >= 11 is 6.10. The second-order valence-electron chi connectivity index (χ2n) is 4.19. The zero-order chi connectivity index (χ0) is 12.0. The normalized spacial score (nSPS) is 14.8. The van der Waals surface area contributed by atoms with Gasteiger partial charge in [0, 0.05) is 11.1 Å². The van der Waals surface area contributed by atoms with E-state index in [9.17, 15) is 0 Å². The first-order chi connectivity index (χ1) is 7.61. The van der Waals surface area contributed by atoms with Crippen molar-refractivity contribution in [3.63, 3.8) is 0 Å². The lowest BCUT2D eigenvalue weighted by atomic mass is 10.1. The van der Waals surface area contributed by atoms with Crippen LogP contribution in [0, 0.1) is 0 Å². The molecule has 0 radical (unpaired) electrons. The van der Waals surface area contributed by atoms with Gasteiger partial charge < -0.3 is 10.4 Å². The lowest BCUT2D eigenvalue weighted by molar-refractivity contribution is 0.181. The Hall–Kier alpha value is -0.570. The third kappa shape index (κ3) is 4.52. The molecule has 3 heteroatoms. The summed E-state index contributed by atoms with van der Waals surface area (Å²) in [5, 5.41) is 13.3. The van der Waals surface area contributed by atoms with Crippen LogP contribution < -0.4 is 5.32 Å². The molecule has 0 amide bonds. The van der Waals surface area contributed by atoms with Gasteiger partial charge in [-0.25, -0.2) is 0 Å². The van der Waals surface area contributed by atoms with Crippen LogP contribution in [-0.4, -0.2) is 17.8 Å². The van der Waals surface area contributed by atoms with Crippen LogP contribution in [-0.2, 0) is 0 Å². The summed E-state index contributed by atoms with van der Waals surface area (Å²) in [6.07, 6.45) is 1.60. The van der Waals surface area contributed by atoms with Gasteiger partial charge >= 0.3 is 0 Å². The molecule has 2 unspecified atom stereocenters. The number of halogens is 1. The fourth-order valence-electron chi connectivity index (χ4n) is 1.65. The molecule has 0 fully saturated rings. The largest absolute Gasteiger partial charge is 0.393 e. The Kier molecular flexibility index (Phi) is 5.81. The van der Waals surface area contributed by atoms with Crippen LogP contribution in [0.3, 0.4) is 0 Å². The Morgan fingerprint density at radius 1 is 1.31 bits per heavy atom. The lowest BCUT2D eigenvalue weighted by Crippen LogP contribution is -2.21. The molecular weight excluding hydrogens is 222 g/mol. The van der Waals surface area contributed by atoms with Gasteiger partial charge in [0.25, 0.3) is 0 Å². The molecule has 2 N–H and O–H groups in total. The zero-order valence-corrected chi connectivity index (χ0v) is 10.7. The predicted octanol–water partition coefficient (Wildman–Crippen LogP) is 3.15. The van der Waals surface area contributed by atoms with Gasteiger partial charge in [0.1, 0.15) is 0 Å². The lowest BCUT2D eigenvalue weighted by Gasteiger charge is -2.15. The Morgan fingerprint density at radius 3 is 2.62 bits per heavy atom. The molecule has 2 atom stereocenters. The highest BCUT2D eigenvalue weighted by Gasteiger charge is 2.07. The van der Waals surface area contributed by atoms with E-state index >= 15 is 0 Å². The van der Waals surface area contributed by atoms with Crippen LogP contribution in [0.1, 0.15) is 38.3 Å². The summed E-state index contributed by atoms with van der Waals surface area (Å²) in [7, 11) is 0. The van der Waals surface area contributed by atoms with E-state index in [1.807, 2.05) is 31.2 Å². The molecule has 0 heterocycles. The SMILES string of the molecule is CC(O)CCCNC(C)c1ccccc1Cl. The summed E-state index contributed by atoms with van der Waals surface area (Å²) < 4.78 is 0. The van der Waals surface area contributed by atoms with Crippen molar-refractivity contribution in [2.45, 2.75) is 38.8 Å². The van der Waals surface area contributed by atoms with E-state index in [1.54, 1.807) is 0 Å². The third-order valence-corrected chi connectivity index (χ3v) is 2.97. The molecule has 0 spiro atoms. The average Bonchev–Trinajstić information content (AvgIpc) is 2.24. The maximum absolute atomic E-state index is 9.13. The van der Waals surface area contributed by atoms with Gasteiger partial charge in [-0.2, -0.15) is 0 Å². The van der Waals surface area contributed by atoms with Gasteiger partial charge in [-0.05, 0) is 44.9 Å². The monoisotopic (exact) mass is 241 g/mol. The van der Waals surface area contributed by atoms with E-state index in [0.717, 1.165) is 30.0 Å². The Balaban J connectivity index is 2.35. The summed E-state index contributed by atoms with van der Waals surface area (Å²) in [6, 6.07) is 8.13. The van der Waals surface area contributed by atoms with E-state index < -0.39 is 0 Å². The fourth-order valence-corrected chi connectivity index (χ4v) is 1.95. The molecular formula is C13H20ClNO. The first-order valence-electron chi connectivity index (χ1n) is 5.77. The molecule has 0 aliphatic rings. The van der Waals surface area contributed by atoms with Crippen molar-refractivity contribution in [2.24, 2.45) is 0 Å². The predicted molar refractivity (Wildman–Crippen MR) is 68.8 cm³/mol. The van der Waals surface area contributed by atoms with Gasteiger partial charge in [-0.15, -0.1) is 0 Å². The molecule has 1 aromatic carbocycles. The molecule has 16 heavy (non-hydrogen) atoms. The van der Waals surface area contributed by atoms with Crippen molar-refractivity contribution in [1.29, 1.82) is 0 Å². The van der Waals surface area contributed by atoms with Crippen molar-refractivity contribution in [2.75, 3.05) is 6.54 Å². The number of aliphatic hydroxyl groups is 1. The van der Waals surface area contributed by atoms with E-state index in [2.05, 4.69) is 12.2 Å². The standard InChI is InChI=1S/C13H20ClNO/c1-10(16)6-5-9-15-11(2)12-7-3-4-8-13(12)14/h3-4,7-8,10-11,15-16H,5-6,9H2,1-2H3. The van der Waals surface area contributed by atoms with Gasteiger partial charge in [-0.1, -0.05) is 29.8 Å². The number of hydrogen-bond acceptors (Lipinski definition) is 2. The smallest absolute Gasteiger partial charge is 0.0512 e. The molecule has 0 aliphatic heterocycles. The Morgan fingerprint density at radius 2 is 2.00 bits per heavy atom. The van der Waals surface area contributed by atoms with Crippen molar-refractivity contribution in [3.05, 3.63) is 34.9 Å². The quantitative estimate of drug-likeness (QED) is 0.750. The summed E-state index contributed by atoms with van der Waals surface area (Å²) in [6.45, 7) is 4.82. The molecule has 0 saturated heterocycles. The van der Waals surface area contributed by atoms with Gasteiger partial charge in [0.15, 0.2) is 0 Å². The number of rotatable bonds is 6. The minimum Gasteiger partial charge on any atom is -0.393 e. The second kappa shape index (κ2) is 6.89. The van der Waals surface area contributed by atoms with Crippen molar-refractivity contribution < 1.29 is 5.11 Å². The van der Waals surface area contributed by atoms with Gasteiger partial charge in [-0.3, -0.25) is 0 Å². The maximum Gasteiger partial charge on any atom is 0.0512 e. The highest BCUT2D eigenvalue weighted by molar-refractivity contribution is 6.31. The van der Waals surface area contributed by atoms with Crippen LogP contribution >= 0.6 is 11.6 Å². The molecule has 2 nitrogen and oxygen atoms in total. The van der Waals surface area contributed by atoms with E-state index in [0.29, 0.717) is 0 Å². The molecule has 0 aromatic heterocycles. The van der Waals surface area contributed by atoms with Crippen LogP contribution in [0.25, 0.3) is 0 Å². The number of aliphatic hydroxyl groups excluding tert-OH is 1. The van der Waals surface area contributed by atoms with Gasteiger partial charge in [0.05, 0.1) is 6.10 Å². The molecule has 1 rings (SSSR count). The molecule has 90 valence electrons. The Bertz CT molecular complexity index is 315. The first kappa shape index (κ1) is 13.5. The molecule has 0 bridgehead atoms. The molecule has 0 aliphatic carbocycles. The molecule has 1 aromatic rings. The summed E-state index contributed by atoms with van der Waals surface area (Å²) in [4.78, 5) is 0. The highest BCUT2D eigenvalue weighted by Crippen LogP contribution is 2.21. The topological polar surface area (TPSA) is 32.3 Å². The first-order valence-corrected chi connectivity index (χ1v) is 6.15. The van der Waals surface area contributed by atoms with Crippen LogP contribution in [0.2, 0.25) is 5.02 Å². The van der Waals surface area contributed by atoms with E-state index in [1.165, 1.54) is 0 Å². The fraction of sp³-hybridized carbons (Fsp3) is 0.538. The Labute approximate surface area is 103 Å². The summed E-state index contributed by atoms with van der Waals surface area (Å²) in [5.74, 6) is 0. The van der Waals surface area contributed by atoms with Crippen LogP contribution in [0.15, 0.2) is 24.3 Å². The maximum atomic E-state index is 9.13. The minimum absolute atomic E-state index is 0.211.